The van der Waals surface area contributed by atoms with Gasteiger partial charge < -0.3 is 15.0 Å². The van der Waals surface area contributed by atoms with E-state index in [0.29, 0.717) is 5.75 Å². The van der Waals surface area contributed by atoms with E-state index in [-0.39, 0.29) is 43.4 Å². The number of benzene rings is 2. The number of sulfonamides is 1. The van der Waals surface area contributed by atoms with Crippen LogP contribution in [0.3, 0.4) is 0 Å². The highest BCUT2D eigenvalue weighted by molar-refractivity contribution is 7.92. The van der Waals surface area contributed by atoms with E-state index in [1.54, 1.807) is 31.2 Å². The Hall–Kier alpha value is -3.21. The van der Waals surface area contributed by atoms with Crippen LogP contribution in [0.5, 0.6) is 5.75 Å². The summed E-state index contributed by atoms with van der Waals surface area (Å²) in [6.07, 6.45) is 0.972. The Kier molecular flexibility index (Phi) is 9.36. The predicted molar refractivity (Wildman–Crippen MR) is 125 cm³/mol. The summed E-state index contributed by atoms with van der Waals surface area (Å²) < 4.78 is 57.5. The largest absolute Gasteiger partial charge is 0.497 e. The van der Waals surface area contributed by atoms with Crippen molar-refractivity contribution >= 4 is 27.5 Å². The number of ether oxygens (including phenoxy) is 1. The standard InChI is InChI=1S/C23H29F2N3O5S/c1-16(23(30)26-2)27(15-17-7-5-8-19(13-17)33-3)22(29)9-6-12-28(34(4,31)32)18-10-11-20(24)21(25)14-18/h5,7-8,10-11,13-14,16H,6,9,12,15H2,1-4H3,(H,26,30). The van der Waals surface area contributed by atoms with Crippen LogP contribution in [0.25, 0.3) is 0 Å². The molecule has 0 aliphatic rings. The summed E-state index contributed by atoms with van der Waals surface area (Å²) >= 11 is 0. The molecular formula is C23H29F2N3O5S. The van der Waals surface area contributed by atoms with Gasteiger partial charge in [-0.2, -0.15) is 0 Å². The van der Waals surface area contributed by atoms with Crippen LogP contribution >= 0.6 is 0 Å². The maximum atomic E-state index is 13.6. The second-order valence-corrected chi connectivity index (χ2v) is 9.61. The monoisotopic (exact) mass is 497 g/mol. The molecule has 34 heavy (non-hydrogen) atoms. The van der Waals surface area contributed by atoms with Gasteiger partial charge in [-0.25, -0.2) is 17.2 Å². The van der Waals surface area contributed by atoms with Gasteiger partial charge in [0.2, 0.25) is 21.8 Å². The summed E-state index contributed by atoms with van der Waals surface area (Å²) in [7, 11) is -0.820. The number of likely N-dealkylation sites (N-methyl/N-ethyl adjacent to an activating group) is 1. The fourth-order valence-corrected chi connectivity index (χ4v) is 4.36. The summed E-state index contributed by atoms with van der Waals surface area (Å²) in [5.74, 6) is -2.38. The summed E-state index contributed by atoms with van der Waals surface area (Å²) in [6.45, 7) is 1.61. The van der Waals surface area contributed by atoms with Gasteiger partial charge in [-0.3, -0.25) is 13.9 Å². The topological polar surface area (TPSA) is 96.0 Å². The van der Waals surface area contributed by atoms with Gasteiger partial charge in [-0.1, -0.05) is 12.1 Å². The molecule has 0 saturated heterocycles. The smallest absolute Gasteiger partial charge is 0.242 e. The van der Waals surface area contributed by atoms with Crippen LogP contribution in [-0.4, -0.2) is 58.1 Å². The average Bonchev–Trinajstić information content (AvgIpc) is 2.80. The molecule has 186 valence electrons. The second-order valence-electron chi connectivity index (χ2n) is 7.70. The van der Waals surface area contributed by atoms with Crippen LogP contribution in [0, 0.1) is 11.6 Å². The molecule has 0 bridgehead atoms. The molecule has 8 nitrogen and oxygen atoms in total. The van der Waals surface area contributed by atoms with E-state index >= 15 is 0 Å². The van der Waals surface area contributed by atoms with Gasteiger partial charge in [0.1, 0.15) is 11.8 Å². The normalized spacial score (nSPS) is 12.1. The number of anilines is 1. The highest BCUT2D eigenvalue weighted by Gasteiger charge is 2.26. The maximum absolute atomic E-state index is 13.6. The number of carbonyl (C=O) groups excluding carboxylic acids is 2. The number of rotatable bonds is 11. The zero-order chi connectivity index (χ0) is 25.5. The van der Waals surface area contributed by atoms with Gasteiger partial charge in [0, 0.05) is 32.6 Å². The van der Waals surface area contributed by atoms with Crippen molar-refractivity contribution in [2.75, 3.05) is 31.3 Å². The van der Waals surface area contributed by atoms with Crippen molar-refractivity contribution in [3.8, 4) is 5.75 Å². The van der Waals surface area contributed by atoms with Gasteiger partial charge in [-0.15, -0.1) is 0 Å². The Morgan fingerprint density at radius 2 is 1.82 bits per heavy atom. The number of hydrogen-bond donors (Lipinski definition) is 1. The van der Waals surface area contributed by atoms with Gasteiger partial charge in [0.05, 0.1) is 19.1 Å². The van der Waals surface area contributed by atoms with Crippen LogP contribution in [-0.2, 0) is 26.2 Å². The predicted octanol–water partition coefficient (Wildman–Crippen LogP) is 2.68. The third-order valence-electron chi connectivity index (χ3n) is 5.24. The van der Waals surface area contributed by atoms with E-state index < -0.39 is 27.7 Å². The molecule has 0 radical (unpaired) electrons. The summed E-state index contributed by atoms with van der Waals surface area (Å²) in [5.41, 5.74) is 0.712. The average molecular weight is 498 g/mol. The first kappa shape index (κ1) is 27.0. The van der Waals surface area contributed by atoms with Crippen molar-refractivity contribution < 1.29 is 31.5 Å². The first-order valence-electron chi connectivity index (χ1n) is 10.5. The molecule has 2 amide bonds. The Bertz CT molecular complexity index is 1130. The molecule has 1 unspecified atom stereocenters. The molecule has 2 aromatic carbocycles. The van der Waals surface area contributed by atoms with E-state index in [4.69, 9.17) is 4.74 Å². The highest BCUT2D eigenvalue weighted by atomic mass is 32.2. The SMILES string of the molecule is CNC(=O)C(C)N(Cc1cccc(OC)c1)C(=O)CCCN(c1ccc(F)c(F)c1)S(C)(=O)=O. The van der Waals surface area contributed by atoms with E-state index in [0.717, 1.165) is 34.3 Å². The minimum atomic E-state index is -3.81. The Morgan fingerprint density at radius 3 is 2.41 bits per heavy atom. The minimum Gasteiger partial charge on any atom is -0.497 e. The van der Waals surface area contributed by atoms with Crippen LogP contribution in [0.15, 0.2) is 42.5 Å². The zero-order valence-corrected chi connectivity index (χ0v) is 20.4. The van der Waals surface area contributed by atoms with Crippen LogP contribution in [0.2, 0.25) is 0 Å². The fraction of sp³-hybridized carbons (Fsp3) is 0.391. The molecule has 2 rings (SSSR count). The summed E-state index contributed by atoms with van der Waals surface area (Å²) in [4.78, 5) is 26.7. The molecular weight excluding hydrogens is 468 g/mol. The van der Waals surface area contributed by atoms with Crippen molar-refractivity contribution in [1.82, 2.24) is 10.2 Å². The first-order chi connectivity index (χ1) is 16.0. The van der Waals surface area contributed by atoms with Crippen molar-refractivity contribution in [3.63, 3.8) is 0 Å². The molecule has 1 atom stereocenters. The van der Waals surface area contributed by atoms with E-state index in [9.17, 15) is 26.8 Å². The lowest BCUT2D eigenvalue weighted by Gasteiger charge is -2.29. The highest BCUT2D eigenvalue weighted by Crippen LogP contribution is 2.22. The Morgan fingerprint density at radius 1 is 1.12 bits per heavy atom. The summed E-state index contributed by atoms with van der Waals surface area (Å²) in [5, 5.41) is 2.52. The van der Waals surface area contributed by atoms with Gasteiger partial charge in [0.25, 0.3) is 0 Å². The number of amides is 2. The lowest BCUT2D eigenvalue weighted by atomic mass is 10.1. The molecule has 0 aliphatic heterocycles. The number of carbonyl (C=O) groups is 2. The lowest BCUT2D eigenvalue weighted by Crippen LogP contribution is -2.46. The molecule has 0 aliphatic carbocycles. The first-order valence-corrected chi connectivity index (χ1v) is 12.4. The third-order valence-corrected chi connectivity index (χ3v) is 6.44. The van der Waals surface area contributed by atoms with Crippen molar-refractivity contribution in [2.24, 2.45) is 0 Å². The molecule has 11 heteroatoms. The molecule has 0 fully saturated rings. The molecule has 0 heterocycles. The number of hydrogen-bond acceptors (Lipinski definition) is 5. The van der Waals surface area contributed by atoms with E-state index in [1.807, 2.05) is 0 Å². The molecule has 0 aromatic heterocycles. The fourth-order valence-electron chi connectivity index (χ4n) is 3.40. The Labute approximate surface area is 198 Å². The number of halogens is 2. The van der Waals surface area contributed by atoms with Gasteiger partial charge in [0.15, 0.2) is 11.6 Å². The van der Waals surface area contributed by atoms with Crippen LogP contribution in [0.4, 0.5) is 14.5 Å². The Balaban J connectivity index is 2.17. The number of methoxy groups -OCH3 is 1. The number of nitrogens with zero attached hydrogens (tertiary/aromatic N) is 2. The van der Waals surface area contributed by atoms with E-state index in [1.165, 1.54) is 19.1 Å². The van der Waals surface area contributed by atoms with Crippen molar-refractivity contribution in [3.05, 3.63) is 59.7 Å². The number of nitrogens with one attached hydrogen (secondary N) is 1. The van der Waals surface area contributed by atoms with Gasteiger partial charge >= 0.3 is 0 Å². The van der Waals surface area contributed by atoms with Crippen LogP contribution < -0.4 is 14.4 Å². The molecule has 2 aromatic rings. The van der Waals surface area contributed by atoms with Crippen LogP contribution in [0.1, 0.15) is 25.3 Å². The van der Waals surface area contributed by atoms with Crippen molar-refractivity contribution in [1.29, 1.82) is 0 Å². The van der Waals surface area contributed by atoms with Crippen molar-refractivity contribution in [2.45, 2.75) is 32.4 Å². The second kappa shape index (κ2) is 11.8. The molecule has 1 N–H and O–H groups in total. The third kappa shape index (κ3) is 7.14. The maximum Gasteiger partial charge on any atom is 0.242 e. The summed E-state index contributed by atoms with van der Waals surface area (Å²) in [6, 6.07) is 9.10. The van der Waals surface area contributed by atoms with E-state index in [2.05, 4.69) is 5.32 Å². The van der Waals surface area contributed by atoms with Gasteiger partial charge in [-0.05, 0) is 43.2 Å². The molecule has 0 spiro atoms. The quantitative estimate of drug-likeness (QED) is 0.515. The molecule has 0 saturated carbocycles. The minimum absolute atomic E-state index is 0.0409. The zero-order valence-electron chi connectivity index (χ0n) is 19.5. The lowest BCUT2D eigenvalue weighted by molar-refractivity contribution is -0.140.